The van der Waals surface area contributed by atoms with E-state index in [0.717, 1.165) is 5.56 Å². The van der Waals surface area contributed by atoms with Crippen molar-refractivity contribution < 1.29 is 43.8 Å². The van der Waals surface area contributed by atoms with Gasteiger partial charge in [-0.15, -0.1) is 0 Å². The number of amides is 4. The van der Waals surface area contributed by atoms with E-state index in [2.05, 4.69) is 21.3 Å². The fraction of sp³-hybridized carbons (Fsp3) is 0.500. The third-order valence-electron chi connectivity index (χ3n) is 7.64. The van der Waals surface area contributed by atoms with Crippen LogP contribution in [-0.4, -0.2) is 97.5 Å². The Morgan fingerprint density at radius 1 is 0.766 bits per heavy atom. The number of carbonyl (C=O) groups excluding carboxylic acids is 4. The van der Waals surface area contributed by atoms with Crippen LogP contribution in [-0.2, 0) is 35.1 Å². The zero-order valence-corrected chi connectivity index (χ0v) is 26.1. The number of anilines is 1. The van der Waals surface area contributed by atoms with Crippen molar-refractivity contribution in [3.05, 3.63) is 70.3 Å². The summed E-state index contributed by atoms with van der Waals surface area (Å²) >= 11 is 0. The molecule has 0 spiro atoms. The number of nitro benzene ring substituents is 1. The zero-order chi connectivity index (χ0) is 34.0. The summed E-state index contributed by atoms with van der Waals surface area (Å²) < 4.78 is 10.4. The number of benzene rings is 2. The molecule has 2 unspecified atom stereocenters. The van der Waals surface area contributed by atoms with Gasteiger partial charge in [0.05, 0.1) is 44.6 Å². The van der Waals surface area contributed by atoms with Gasteiger partial charge in [0, 0.05) is 55.1 Å². The van der Waals surface area contributed by atoms with Gasteiger partial charge in [0.15, 0.2) is 0 Å². The van der Waals surface area contributed by atoms with Crippen molar-refractivity contribution in [1.82, 2.24) is 16.0 Å². The average molecular weight is 658 g/mol. The molecular formula is C32H43N5O10. The quantitative estimate of drug-likeness (QED) is 0.0700. The molecule has 6 N–H and O–H groups in total. The number of nitrogens with zero attached hydrogens (tertiary/aromatic N) is 1. The molecule has 47 heavy (non-hydrogen) atoms. The highest BCUT2D eigenvalue weighted by Crippen LogP contribution is 2.34. The Bertz CT molecular complexity index is 1280. The summed E-state index contributed by atoms with van der Waals surface area (Å²) in [6.07, 6.45) is 0.666. The van der Waals surface area contributed by atoms with Gasteiger partial charge in [0.2, 0.25) is 23.6 Å². The third-order valence-corrected chi connectivity index (χ3v) is 7.64. The number of aliphatic hydroxyl groups is 2. The Balaban J connectivity index is 1.74. The molecule has 4 atom stereocenters. The standard InChI is InChI=1S/C32H43N5O10/c38-12-16-46-14-10-33-29(40)23-19-24(30(41)34-11-15-47-17-13-39)21-25(20-23)31(42)36-28(18-22-4-2-1-3-5-22)32(43)35-26-6-8-27(9-7-26)37(44)45/h1-9,23-25,28,38-39H,10-21H2,(H,33,40)(H,34,41)(H,35,43)(H,36,42)/t23-,24+,25?,28?. The Hall–Kier alpha value is -4.44. The summed E-state index contributed by atoms with van der Waals surface area (Å²) in [6.45, 7) is 0.720. The van der Waals surface area contributed by atoms with Crippen molar-refractivity contribution in [3.8, 4) is 0 Å². The number of aliphatic hydroxyl groups excluding tert-OH is 2. The summed E-state index contributed by atoms with van der Waals surface area (Å²) in [7, 11) is 0. The van der Waals surface area contributed by atoms with Crippen LogP contribution >= 0.6 is 0 Å². The molecule has 0 aliphatic heterocycles. The lowest BCUT2D eigenvalue weighted by atomic mass is 9.74. The van der Waals surface area contributed by atoms with E-state index in [0.29, 0.717) is 5.69 Å². The maximum absolute atomic E-state index is 13.8. The van der Waals surface area contributed by atoms with E-state index in [1.165, 1.54) is 24.3 Å². The van der Waals surface area contributed by atoms with Gasteiger partial charge < -0.3 is 41.0 Å². The Labute approximate surface area is 272 Å². The number of carbonyl (C=O) groups is 4. The van der Waals surface area contributed by atoms with Crippen molar-refractivity contribution in [1.29, 1.82) is 0 Å². The number of non-ortho nitro benzene ring substituents is 1. The predicted octanol–water partition coefficient (Wildman–Crippen LogP) is 0.544. The molecule has 15 nitrogen and oxygen atoms in total. The van der Waals surface area contributed by atoms with Crippen LogP contribution in [0.3, 0.4) is 0 Å². The van der Waals surface area contributed by atoms with Gasteiger partial charge in [-0.05, 0) is 37.0 Å². The Morgan fingerprint density at radius 2 is 1.28 bits per heavy atom. The van der Waals surface area contributed by atoms with Gasteiger partial charge in [-0.2, -0.15) is 0 Å². The molecule has 1 saturated carbocycles. The minimum Gasteiger partial charge on any atom is -0.394 e. The molecule has 2 aromatic rings. The third kappa shape index (κ3) is 12.7. The first kappa shape index (κ1) is 37.0. The second-order valence-corrected chi connectivity index (χ2v) is 11.1. The van der Waals surface area contributed by atoms with Crippen molar-refractivity contribution in [3.63, 3.8) is 0 Å². The van der Waals surface area contributed by atoms with Crippen molar-refractivity contribution in [2.24, 2.45) is 17.8 Å². The van der Waals surface area contributed by atoms with E-state index < -0.39 is 40.5 Å². The van der Waals surface area contributed by atoms with Crippen LogP contribution in [0.25, 0.3) is 0 Å². The van der Waals surface area contributed by atoms with Crippen LogP contribution < -0.4 is 21.3 Å². The van der Waals surface area contributed by atoms with E-state index in [4.69, 9.17) is 19.7 Å². The molecule has 0 aromatic heterocycles. The fourth-order valence-corrected chi connectivity index (χ4v) is 5.32. The van der Waals surface area contributed by atoms with Crippen molar-refractivity contribution in [2.45, 2.75) is 31.7 Å². The summed E-state index contributed by atoms with van der Waals surface area (Å²) in [5.41, 5.74) is 0.952. The highest BCUT2D eigenvalue weighted by atomic mass is 16.6. The van der Waals surface area contributed by atoms with Gasteiger partial charge in [0.25, 0.3) is 5.69 Å². The summed E-state index contributed by atoms with van der Waals surface area (Å²) in [6, 6.07) is 13.3. The number of ether oxygens (including phenoxy) is 2. The number of hydrogen-bond acceptors (Lipinski definition) is 10. The number of rotatable bonds is 19. The minimum absolute atomic E-state index is 0.133. The number of hydrogen-bond donors (Lipinski definition) is 6. The Morgan fingerprint density at radius 3 is 1.77 bits per heavy atom. The molecule has 0 heterocycles. The first-order valence-electron chi connectivity index (χ1n) is 15.5. The second kappa shape index (κ2) is 19.9. The van der Waals surface area contributed by atoms with Gasteiger partial charge in [-0.25, -0.2) is 0 Å². The highest BCUT2D eigenvalue weighted by Gasteiger charge is 2.40. The highest BCUT2D eigenvalue weighted by molar-refractivity contribution is 5.98. The molecule has 0 radical (unpaired) electrons. The smallest absolute Gasteiger partial charge is 0.269 e. The molecule has 1 aliphatic carbocycles. The fourth-order valence-electron chi connectivity index (χ4n) is 5.32. The van der Waals surface area contributed by atoms with Gasteiger partial charge in [-0.1, -0.05) is 30.3 Å². The molecule has 2 aromatic carbocycles. The van der Waals surface area contributed by atoms with Gasteiger partial charge >= 0.3 is 0 Å². The number of nitro groups is 1. The Kier molecular flexibility index (Phi) is 15.7. The molecular weight excluding hydrogens is 614 g/mol. The maximum atomic E-state index is 13.8. The monoisotopic (exact) mass is 657 g/mol. The molecule has 1 fully saturated rings. The maximum Gasteiger partial charge on any atom is 0.269 e. The first-order valence-corrected chi connectivity index (χ1v) is 15.5. The lowest BCUT2D eigenvalue weighted by Crippen LogP contribution is -2.50. The molecule has 256 valence electrons. The lowest BCUT2D eigenvalue weighted by molar-refractivity contribution is -0.384. The van der Waals surface area contributed by atoms with Crippen molar-refractivity contribution >= 4 is 35.0 Å². The average Bonchev–Trinajstić information content (AvgIpc) is 3.08. The number of nitrogens with one attached hydrogen (secondary N) is 4. The van der Waals surface area contributed by atoms with Gasteiger partial charge in [0.1, 0.15) is 6.04 Å². The van der Waals surface area contributed by atoms with Crippen LogP contribution in [0.5, 0.6) is 0 Å². The second-order valence-electron chi connectivity index (χ2n) is 11.1. The summed E-state index contributed by atoms with van der Waals surface area (Å²) in [5, 5.41) is 39.8. The van der Waals surface area contributed by atoms with Crippen LogP contribution in [0.1, 0.15) is 24.8 Å². The molecule has 0 bridgehead atoms. The van der Waals surface area contributed by atoms with Crippen LogP contribution in [0, 0.1) is 27.9 Å². The van der Waals surface area contributed by atoms with Crippen LogP contribution in [0.4, 0.5) is 11.4 Å². The minimum atomic E-state index is -1.03. The molecule has 3 rings (SSSR count). The molecule has 1 aliphatic rings. The van der Waals surface area contributed by atoms with E-state index in [1.54, 1.807) is 12.1 Å². The SMILES string of the molecule is O=C(NC(Cc1ccccc1)C(=O)Nc1ccc([N+](=O)[O-])cc1)C1C[C@@H](C(=O)NCCOCCO)C[C@@H](C(=O)NCCOCCO)C1. The van der Waals surface area contributed by atoms with E-state index in [9.17, 15) is 29.3 Å². The van der Waals surface area contributed by atoms with Crippen molar-refractivity contribution in [2.75, 3.05) is 58.0 Å². The lowest BCUT2D eigenvalue weighted by Gasteiger charge is -2.33. The predicted molar refractivity (Wildman–Crippen MR) is 170 cm³/mol. The first-order chi connectivity index (χ1) is 22.7. The zero-order valence-electron chi connectivity index (χ0n) is 26.1. The molecule has 0 saturated heterocycles. The normalized spacial score (nSPS) is 18.0. The summed E-state index contributed by atoms with van der Waals surface area (Å²) in [5.74, 6) is -3.80. The largest absolute Gasteiger partial charge is 0.394 e. The van der Waals surface area contributed by atoms with Crippen LogP contribution in [0.2, 0.25) is 0 Å². The topological polar surface area (TPSA) is 218 Å². The molecule has 15 heteroatoms. The van der Waals surface area contributed by atoms with Gasteiger partial charge in [-0.3, -0.25) is 29.3 Å². The van der Waals surface area contributed by atoms with E-state index in [-0.39, 0.29) is 95.9 Å². The summed E-state index contributed by atoms with van der Waals surface area (Å²) in [4.78, 5) is 63.9. The molecule has 4 amide bonds. The van der Waals surface area contributed by atoms with E-state index >= 15 is 0 Å². The van der Waals surface area contributed by atoms with Crippen LogP contribution in [0.15, 0.2) is 54.6 Å². The van der Waals surface area contributed by atoms with E-state index in [1.807, 2.05) is 18.2 Å².